The molecule has 0 unspecified atom stereocenters. The molecule has 11 nitrogen and oxygen atoms in total. The molecule has 0 aromatic carbocycles. The predicted molar refractivity (Wildman–Crippen MR) is 129 cm³/mol. The topological polar surface area (TPSA) is 126 Å². The molecule has 1 heterocycles. The Morgan fingerprint density at radius 2 is 1.73 bits per heavy atom. The summed E-state index contributed by atoms with van der Waals surface area (Å²) >= 11 is 1.54. The first-order valence-electron chi connectivity index (χ1n) is 11.1. The standard InChI is InChI=1S/C21H40N6O5S/c1-21(2,32)13-16(18(29)22-3)25(5)19(30)17(26(6)20(31)23-15-28)14-33-12-11-27-9-7-24(4)8-10-27/h15-17,32H,7-14H2,1-6H3,(H,22,29)(H,23,28,31)/t16-,17+/m0/s1. The second-order valence-electron chi connectivity index (χ2n) is 9.01. The lowest BCUT2D eigenvalue weighted by molar-refractivity contribution is -0.143. The first-order valence-corrected chi connectivity index (χ1v) is 12.2. The number of likely N-dealkylation sites (N-methyl/N-ethyl adjacent to an activating group) is 4. The molecule has 2 atom stereocenters. The van der Waals surface area contributed by atoms with E-state index in [1.165, 1.54) is 30.9 Å². The van der Waals surface area contributed by atoms with Gasteiger partial charge in [-0.3, -0.25) is 24.6 Å². The smallest absolute Gasteiger partial charge is 0.324 e. The van der Waals surface area contributed by atoms with Gasteiger partial charge in [0.25, 0.3) is 0 Å². The Morgan fingerprint density at radius 1 is 1.12 bits per heavy atom. The summed E-state index contributed by atoms with van der Waals surface area (Å²) in [5.41, 5.74) is -1.18. The number of urea groups is 1. The van der Waals surface area contributed by atoms with Gasteiger partial charge in [-0.25, -0.2) is 4.79 Å². The van der Waals surface area contributed by atoms with Crippen LogP contribution < -0.4 is 10.6 Å². The van der Waals surface area contributed by atoms with Crippen LogP contribution in [0, 0.1) is 0 Å². The van der Waals surface area contributed by atoms with E-state index in [-0.39, 0.29) is 12.8 Å². The molecule has 33 heavy (non-hydrogen) atoms. The molecule has 0 radical (unpaired) electrons. The number of nitrogens with one attached hydrogen (secondary N) is 2. The van der Waals surface area contributed by atoms with E-state index in [9.17, 15) is 24.3 Å². The third-order valence-corrected chi connectivity index (χ3v) is 6.76. The van der Waals surface area contributed by atoms with Gasteiger partial charge in [-0.15, -0.1) is 0 Å². The van der Waals surface area contributed by atoms with Crippen molar-refractivity contribution in [1.29, 1.82) is 0 Å². The molecule has 0 aromatic heterocycles. The summed E-state index contributed by atoms with van der Waals surface area (Å²) < 4.78 is 0. The number of piperazine rings is 1. The van der Waals surface area contributed by atoms with Crippen LogP contribution in [0.15, 0.2) is 0 Å². The van der Waals surface area contributed by atoms with Gasteiger partial charge in [0, 0.05) is 71.8 Å². The highest BCUT2D eigenvalue weighted by Gasteiger charge is 2.36. The Kier molecular flexibility index (Phi) is 12.1. The van der Waals surface area contributed by atoms with Crippen LogP contribution in [0.25, 0.3) is 0 Å². The van der Waals surface area contributed by atoms with Crippen molar-refractivity contribution in [3.8, 4) is 0 Å². The van der Waals surface area contributed by atoms with Crippen LogP contribution in [0.2, 0.25) is 0 Å². The summed E-state index contributed by atoms with van der Waals surface area (Å²) in [5.74, 6) is 0.240. The van der Waals surface area contributed by atoms with Gasteiger partial charge < -0.3 is 25.1 Å². The molecule has 12 heteroatoms. The fraction of sp³-hybridized carbons (Fsp3) is 0.810. The van der Waals surface area contributed by atoms with E-state index in [0.29, 0.717) is 5.75 Å². The minimum atomic E-state index is -1.18. The minimum absolute atomic E-state index is 0.0302. The summed E-state index contributed by atoms with van der Waals surface area (Å²) in [6.07, 6.45) is 0.300. The van der Waals surface area contributed by atoms with E-state index in [2.05, 4.69) is 27.5 Å². The highest BCUT2D eigenvalue weighted by Crippen LogP contribution is 2.19. The van der Waals surface area contributed by atoms with Crippen LogP contribution >= 0.6 is 11.8 Å². The average Bonchev–Trinajstić information content (AvgIpc) is 2.76. The second kappa shape index (κ2) is 13.7. The molecule has 1 saturated heterocycles. The Bertz CT molecular complexity index is 666. The maximum Gasteiger partial charge on any atom is 0.324 e. The number of aliphatic hydroxyl groups is 1. The van der Waals surface area contributed by atoms with Gasteiger partial charge in [0.05, 0.1) is 5.60 Å². The van der Waals surface area contributed by atoms with Crippen molar-refractivity contribution in [2.45, 2.75) is 38.0 Å². The summed E-state index contributed by atoms with van der Waals surface area (Å²) in [5, 5.41) is 14.8. The molecule has 0 aliphatic carbocycles. The Labute approximate surface area is 201 Å². The molecule has 1 aliphatic rings. The number of nitrogens with zero attached hydrogens (tertiary/aromatic N) is 4. The molecule has 0 spiro atoms. The molecule has 1 rings (SSSR count). The number of carbonyl (C=O) groups excluding carboxylic acids is 4. The van der Waals surface area contributed by atoms with Gasteiger partial charge in [-0.2, -0.15) is 11.8 Å². The Balaban J connectivity index is 2.89. The first kappa shape index (κ1) is 29.1. The second-order valence-corrected chi connectivity index (χ2v) is 10.2. The zero-order chi connectivity index (χ0) is 25.2. The molecule has 5 amide bonds. The van der Waals surface area contributed by atoms with Gasteiger partial charge in [0.15, 0.2) is 0 Å². The van der Waals surface area contributed by atoms with Crippen molar-refractivity contribution in [3.05, 3.63) is 0 Å². The lowest BCUT2D eigenvalue weighted by Gasteiger charge is -2.36. The average molecular weight is 489 g/mol. The molecular formula is C21H40N6O5S. The zero-order valence-electron chi connectivity index (χ0n) is 20.7. The monoisotopic (exact) mass is 488 g/mol. The summed E-state index contributed by atoms with van der Waals surface area (Å²) in [7, 11) is 6.50. The number of amides is 5. The Hall–Kier alpha value is -1.89. The quantitative estimate of drug-likeness (QED) is 0.233. The van der Waals surface area contributed by atoms with Gasteiger partial charge >= 0.3 is 6.03 Å². The van der Waals surface area contributed by atoms with Crippen LogP contribution in [0.5, 0.6) is 0 Å². The van der Waals surface area contributed by atoms with E-state index >= 15 is 0 Å². The van der Waals surface area contributed by atoms with Gasteiger partial charge in [0.1, 0.15) is 12.1 Å². The van der Waals surface area contributed by atoms with Gasteiger partial charge in [-0.1, -0.05) is 0 Å². The van der Waals surface area contributed by atoms with Crippen molar-refractivity contribution in [2.24, 2.45) is 0 Å². The van der Waals surface area contributed by atoms with Crippen molar-refractivity contribution in [1.82, 2.24) is 30.2 Å². The summed E-state index contributed by atoms with van der Waals surface area (Å²) in [6, 6.07) is -2.50. The predicted octanol–water partition coefficient (Wildman–Crippen LogP) is -1.13. The van der Waals surface area contributed by atoms with Gasteiger partial charge in [-0.05, 0) is 20.9 Å². The zero-order valence-corrected chi connectivity index (χ0v) is 21.5. The highest BCUT2D eigenvalue weighted by molar-refractivity contribution is 7.99. The van der Waals surface area contributed by atoms with Crippen molar-refractivity contribution in [3.63, 3.8) is 0 Å². The fourth-order valence-corrected chi connectivity index (χ4v) is 4.68. The minimum Gasteiger partial charge on any atom is -0.390 e. The first-order chi connectivity index (χ1) is 15.4. The van der Waals surface area contributed by atoms with Crippen LogP contribution in [0.1, 0.15) is 20.3 Å². The molecule has 1 fully saturated rings. The maximum atomic E-state index is 13.4. The maximum absolute atomic E-state index is 13.4. The summed E-state index contributed by atoms with van der Waals surface area (Å²) in [4.78, 5) is 56.0. The van der Waals surface area contributed by atoms with E-state index in [1.54, 1.807) is 25.6 Å². The highest BCUT2D eigenvalue weighted by atomic mass is 32.2. The normalized spacial score (nSPS) is 17.1. The third-order valence-electron chi connectivity index (χ3n) is 5.74. The molecular weight excluding hydrogens is 448 g/mol. The van der Waals surface area contributed by atoms with Gasteiger partial charge in [0.2, 0.25) is 18.2 Å². The lowest BCUT2D eigenvalue weighted by atomic mass is 9.97. The SMILES string of the molecule is CNC(=O)[C@H](CC(C)(C)O)N(C)C(=O)[C@@H](CSCCN1CCN(C)CC1)N(C)C(=O)NC=O. The van der Waals surface area contributed by atoms with E-state index in [4.69, 9.17) is 0 Å². The number of carbonyl (C=O) groups is 4. The lowest BCUT2D eigenvalue weighted by Crippen LogP contribution is -2.57. The Morgan fingerprint density at radius 3 is 2.24 bits per heavy atom. The van der Waals surface area contributed by atoms with Crippen LogP contribution in [0.3, 0.4) is 0 Å². The largest absolute Gasteiger partial charge is 0.390 e. The number of rotatable bonds is 12. The summed E-state index contributed by atoms with van der Waals surface area (Å²) in [6.45, 7) is 8.04. The van der Waals surface area contributed by atoms with Crippen molar-refractivity contribution in [2.75, 3.05) is 72.4 Å². The molecule has 1 aliphatic heterocycles. The van der Waals surface area contributed by atoms with E-state index in [1.807, 2.05) is 0 Å². The molecule has 0 bridgehead atoms. The molecule has 3 N–H and O–H groups in total. The van der Waals surface area contributed by atoms with Crippen molar-refractivity contribution >= 4 is 36.0 Å². The number of imide groups is 1. The fourth-order valence-electron chi connectivity index (χ4n) is 3.54. The van der Waals surface area contributed by atoms with E-state index in [0.717, 1.165) is 38.5 Å². The molecule has 190 valence electrons. The number of hydrogen-bond donors (Lipinski definition) is 3. The van der Waals surface area contributed by atoms with Crippen LogP contribution in [-0.4, -0.2) is 139 Å². The van der Waals surface area contributed by atoms with E-state index < -0.39 is 35.5 Å². The van der Waals surface area contributed by atoms with Crippen LogP contribution in [-0.2, 0) is 14.4 Å². The molecule has 0 aromatic rings. The third kappa shape index (κ3) is 9.86. The molecule has 0 saturated carbocycles. The number of hydrogen-bond acceptors (Lipinski definition) is 8. The number of thioether (sulfide) groups is 1. The van der Waals surface area contributed by atoms with Crippen LogP contribution in [0.4, 0.5) is 4.79 Å². The van der Waals surface area contributed by atoms with Crippen molar-refractivity contribution < 1.29 is 24.3 Å².